The maximum atomic E-state index is 6.05. The molecule has 6 atom stereocenters. The molecule has 0 amide bonds. The fourth-order valence-corrected chi connectivity index (χ4v) is 8.34. The number of tetrazole rings is 2. The van der Waals surface area contributed by atoms with Gasteiger partial charge in [-0.1, -0.05) is 74.2 Å². The zero-order chi connectivity index (χ0) is 33.7. The Hall–Kier alpha value is -6.18. The molecule has 3 N–H and O–H groups in total. The minimum atomic E-state index is 0. The second-order valence-electron chi connectivity index (χ2n) is 13.7. The van der Waals surface area contributed by atoms with Crippen molar-refractivity contribution in [3.63, 3.8) is 0 Å². The molecule has 262 valence electrons. The summed E-state index contributed by atoms with van der Waals surface area (Å²) in [4.78, 5) is 0. The lowest BCUT2D eigenvalue weighted by atomic mass is 10.1. The number of H-pyrrole nitrogens is 3. The molecule has 14 heteroatoms. The zero-order valence-electron chi connectivity index (χ0n) is 27.5. The lowest BCUT2D eigenvalue weighted by Gasteiger charge is -2.10. The van der Waals surface area contributed by atoms with Crippen molar-refractivity contribution in [2.24, 2.45) is 23.7 Å². The predicted octanol–water partition coefficient (Wildman–Crippen LogP) is 5.27. The Morgan fingerprint density at radius 3 is 1.81 bits per heavy atom. The lowest BCUT2D eigenvalue weighted by Crippen LogP contribution is -2.09. The maximum Gasteiger partial charge on any atom is 0.225 e. The van der Waals surface area contributed by atoms with E-state index >= 15 is 0 Å². The Morgan fingerprint density at radius 1 is 0.635 bits per heavy atom. The van der Waals surface area contributed by atoms with Crippen molar-refractivity contribution in [2.75, 3.05) is 13.2 Å². The number of ether oxygens (including phenoxy) is 2. The SMILES string of the molecule is C.c1ccc(Cn2nc(-c3nn[nH]n3)c3c2[C@@H]2[C@@H](COc4ccccc4)[C@@H]2C3)cc1.c1ccc(OC[C@H]2[C@@H]3Cc4c(-c5nn[nH]n5)n[nH]c4[C@H]23)cc1. The molecule has 7 aromatic rings. The van der Waals surface area contributed by atoms with Gasteiger partial charge in [0.15, 0.2) is 0 Å². The van der Waals surface area contributed by atoms with Crippen LogP contribution in [0.3, 0.4) is 0 Å². The second-order valence-corrected chi connectivity index (χ2v) is 13.7. The average Bonchev–Trinajstić information content (AvgIpc) is 3.74. The number of para-hydroxylation sites is 2. The summed E-state index contributed by atoms with van der Waals surface area (Å²) in [5.41, 5.74) is 7.99. The monoisotopic (exact) mass is 694 g/mol. The minimum absolute atomic E-state index is 0. The highest BCUT2D eigenvalue weighted by Crippen LogP contribution is 2.63. The van der Waals surface area contributed by atoms with E-state index in [1.165, 1.54) is 28.1 Å². The van der Waals surface area contributed by atoms with Crippen LogP contribution in [-0.2, 0) is 19.4 Å². The van der Waals surface area contributed by atoms with Crippen LogP contribution >= 0.6 is 0 Å². The third kappa shape index (κ3) is 5.69. The third-order valence-corrected chi connectivity index (χ3v) is 10.8. The van der Waals surface area contributed by atoms with E-state index in [4.69, 9.17) is 14.6 Å². The van der Waals surface area contributed by atoms with Crippen LogP contribution in [0.2, 0.25) is 0 Å². The van der Waals surface area contributed by atoms with Crippen LogP contribution in [0.15, 0.2) is 91.0 Å². The summed E-state index contributed by atoms with van der Waals surface area (Å²) < 4.78 is 14.1. The molecule has 14 nitrogen and oxygen atoms in total. The van der Waals surface area contributed by atoms with E-state index in [0.29, 0.717) is 47.2 Å². The van der Waals surface area contributed by atoms with Crippen molar-refractivity contribution in [1.29, 1.82) is 0 Å². The molecule has 52 heavy (non-hydrogen) atoms. The van der Waals surface area contributed by atoms with Crippen LogP contribution < -0.4 is 9.47 Å². The first-order valence-electron chi connectivity index (χ1n) is 17.3. The van der Waals surface area contributed by atoms with Crippen LogP contribution in [-0.4, -0.2) is 74.4 Å². The van der Waals surface area contributed by atoms with Crippen molar-refractivity contribution in [1.82, 2.24) is 61.2 Å². The number of nitrogens with one attached hydrogen (secondary N) is 3. The summed E-state index contributed by atoms with van der Waals surface area (Å²) in [7, 11) is 0. The Bertz CT molecular complexity index is 2240. The van der Waals surface area contributed by atoms with Gasteiger partial charge in [-0.15, -0.1) is 20.4 Å². The van der Waals surface area contributed by atoms with E-state index in [2.05, 4.69) is 80.4 Å². The predicted molar refractivity (Wildman–Crippen MR) is 190 cm³/mol. The molecule has 11 rings (SSSR count). The van der Waals surface area contributed by atoms with Crippen LogP contribution in [0, 0.1) is 23.7 Å². The molecule has 4 aliphatic carbocycles. The fraction of sp³-hybridized carbons (Fsp3) is 0.316. The molecule has 3 aromatic carbocycles. The Kier molecular flexibility index (Phi) is 8.05. The Labute approximate surface area is 299 Å². The number of benzene rings is 3. The standard InChI is InChI=1S/C22H20N6O.C15H14N6O.CH4/c1-3-7-14(8-4-1)12-28-21-17(20(25-28)22-23-26-27-24-22)11-16-18(19(16)21)13-29-15-9-5-2-6-10-15;1-2-4-8(5-3-1)22-7-11-9-6-10-13(12(9)11)16-17-14(10)15-18-20-21-19-15;/h1-10,16,18-19H,11-13H2,(H,23,24,26,27);1-5,9,11-12H,6-7H2,(H,16,17)(H,18,19,20,21);1H4/t16-,18-,19-;9-,11-,12-;/m00./s1. The van der Waals surface area contributed by atoms with Gasteiger partial charge in [-0.3, -0.25) is 9.78 Å². The van der Waals surface area contributed by atoms with Crippen molar-refractivity contribution in [3.8, 4) is 34.5 Å². The van der Waals surface area contributed by atoms with Crippen LogP contribution in [0.5, 0.6) is 11.5 Å². The summed E-state index contributed by atoms with van der Waals surface area (Å²) in [5.74, 6) is 6.41. The average molecular weight is 695 g/mol. The summed E-state index contributed by atoms with van der Waals surface area (Å²) >= 11 is 0. The van der Waals surface area contributed by atoms with E-state index in [0.717, 1.165) is 55.5 Å². The Balaban J connectivity index is 0.000000141. The molecule has 4 aromatic heterocycles. The van der Waals surface area contributed by atoms with Gasteiger partial charge >= 0.3 is 0 Å². The number of aromatic amines is 3. The summed E-state index contributed by atoms with van der Waals surface area (Å²) in [6, 6.07) is 30.5. The molecule has 0 radical (unpaired) electrons. The molecule has 0 bridgehead atoms. The first kappa shape index (κ1) is 31.8. The highest BCUT2D eigenvalue weighted by Gasteiger charge is 2.59. The van der Waals surface area contributed by atoms with Crippen molar-refractivity contribution in [2.45, 2.75) is 38.6 Å². The summed E-state index contributed by atoms with van der Waals surface area (Å²) in [6.45, 7) is 2.25. The van der Waals surface area contributed by atoms with Crippen molar-refractivity contribution >= 4 is 0 Å². The highest BCUT2D eigenvalue weighted by atomic mass is 16.5. The minimum Gasteiger partial charge on any atom is -0.493 e. The van der Waals surface area contributed by atoms with Crippen LogP contribution in [0.4, 0.5) is 0 Å². The largest absolute Gasteiger partial charge is 0.493 e. The molecule has 0 unspecified atom stereocenters. The van der Waals surface area contributed by atoms with Gasteiger partial charge < -0.3 is 9.47 Å². The molecule has 4 aliphatic rings. The van der Waals surface area contributed by atoms with E-state index in [-0.39, 0.29) is 7.43 Å². The van der Waals surface area contributed by atoms with Gasteiger partial charge in [0.05, 0.1) is 19.8 Å². The van der Waals surface area contributed by atoms with Gasteiger partial charge in [0.25, 0.3) is 0 Å². The molecular formula is C38H38N12O2. The van der Waals surface area contributed by atoms with Gasteiger partial charge in [-0.05, 0) is 64.9 Å². The number of hydrogen-bond donors (Lipinski definition) is 3. The van der Waals surface area contributed by atoms with Gasteiger partial charge in [0, 0.05) is 46.2 Å². The normalized spacial score (nSPS) is 22.5. The van der Waals surface area contributed by atoms with Gasteiger partial charge in [0.1, 0.15) is 22.9 Å². The van der Waals surface area contributed by atoms with Gasteiger partial charge in [-0.25, -0.2) is 0 Å². The number of nitrogens with zero attached hydrogens (tertiary/aromatic N) is 9. The van der Waals surface area contributed by atoms with E-state index in [1.54, 1.807) is 0 Å². The van der Waals surface area contributed by atoms with E-state index in [1.807, 2.05) is 66.7 Å². The van der Waals surface area contributed by atoms with E-state index < -0.39 is 0 Å². The fourth-order valence-electron chi connectivity index (χ4n) is 8.34. The zero-order valence-corrected chi connectivity index (χ0v) is 27.5. The van der Waals surface area contributed by atoms with Crippen molar-refractivity contribution in [3.05, 3.63) is 119 Å². The number of fused-ring (bicyclic) bond motifs is 6. The molecule has 4 heterocycles. The first-order chi connectivity index (χ1) is 25.3. The van der Waals surface area contributed by atoms with E-state index in [9.17, 15) is 0 Å². The molecule has 2 fully saturated rings. The van der Waals surface area contributed by atoms with Gasteiger partial charge in [0.2, 0.25) is 11.6 Å². The van der Waals surface area contributed by atoms with Crippen LogP contribution in [0.25, 0.3) is 23.0 Å². The maximum absolute atomic E-state index is 6.05. The van der Waals surface area contributed by atoms with Crippen LogP contribution in [0.1, 0.15) is 47.3 Å². The molecular weight excluding hydrogens is 656 g/mol. The quantitative estimate of drug-likeness (QED) is 0.171. The molecule has 2 saturated carbocycles. The second kappa shape index (κ2) is 13.2. The molecule has 0 aliphatic heterocycles. The number of aromatic nitrogens is 12. The Morgan fingerprint density at radius 2 is 1.19 bits per heavy atom. The molecule has 0 saturated heterocycles. The number of hydrogen-bond acceptors (Lipinski definition) is 10. The lowest BCUT2D eigenvalue weighted by molar-refractivity contribution is 0.287. The van der Waals surface area contributed by atoms with Crippen molar-refractivity contribution < 1.29 is 9.47 Å². The summed E-state index contributed by atoms with van der Waals surface area (Å²) in [5, 5.41) is 41.1. The first-order valence-corrected chi connectivity index (χ1v) is 17.3. The molecule has 0 spiro atoms. The highest BCUT2D eigenvalue weighted by molar-refractivity contribution is 5.61. The topological polar surface area (TPSA) is 174 Å². The number of rotatable bonds is 10. The summed E-state index contributed by atoms with van der Waals surface area (Å²) in [6.07, 6.45) is 2.02. The van der Waals surface area contributed by atoms with Gasteiger partial charge in [-0.2, -0.15) is 20.6 Å². The smallest absolute Gasteiger partial charge is 0.225 e. The third-order valence-electron chi connectivity index (χ3n) is 10.8.